The first-order valence-electron chi connectivity index (χ1n) is 11.0. The molecule has 4 aliphatic carbocycles. The normalized spacial score (nSPS) is 31.8. The van der Waals surface area contributed by atoms with Crippen LogP contribution in [0.1, 0.15) is 29.5 Å². The van der Waals surface area contributed by atoms with Gasteiger partial charge >= 0.3 is 5.97 Å². The van der Waals surface area contributed by atoms with Gasteiger partial charge in [-0.1, -0.05) is 24.3 Å². The van der Waals surface area contributed by atoms with E-state index in [4.69, 9.17) is 9.15 Å². The number of carbonyl (C=O) groups excluding carboxylic acids is 3. The highest BCUT2D eigenvalue weighted by Gasteiger charge is 2.67. The molecule has 32 heavy (non-hydrogen) atoms. The van der Waals surface area contributed by atoms with Crippen LogP contribution in [0.25, 0.3) is 11.3 Å². The van der Waals surface area contributed by atoms with Crippen molar-refractivity contribution in [1.29, 1.82) is 0 Å². The van der Waals surface area contributed by atoms with E-state index in [1.807, 2.05) is 0 Å². The number of hydrogen-bond acceptors (Lipinski definition) is 6. The lowest BCUT2D eigenvalue weighted by Gasteiger charge is -2.37. The summed E-state index contributed by atoms with van der Waals surface area (Å²) >= 11 is 0. The second-order valence-corrected chi connectivity index (χ2v) is 8.89. The number of allylic oxidation sites excluding steroid dienone is 2. The molecule has 0 N–H and O–H groups in total. The molecule has 1 aromatic heterocycles. The van der Waals surface area contributed by atoms with E-state index in [1.165, 1.54) is 6.21 Å². The lowest BCUT2D eigenvalue weighted by Crippen LogP contribution is -2.40. The van der Waals surface area contributed by atoms with E-state index < -0.39 is 0 Å². The van der Waals surface area contributed by atoms with Crippen molar-refractivity contribution >= 4 is 24.0 Å². The third-order valence-electron chi connectivity index (χ3n) is 7.25. The van der Waals surface area contributed by atoms with E-state index in [0.29, 0.717) is 35.5 Å². The summed E-state index contributed by atoms with van der Waals surface area (Å²) in [4.78, 5) is 37.7. The number of furan rings is 1. The van der Waals surface area contributed by atoms with Crippen LogP contribution in [-0.4, -0.2) is 35.6 Å². The van der Waals surface area contributed by atoms with E-state index in [-0.39, 0.29) is 41.5 Å². The first-order valence-corrected chi connectivity index (χ1v) is 11.0. The van der Waals surface area contributed by atoms with Crippen molar-refractivity contribution in [2.75, 3.05) is 6.61 Å². The Morgan fingerprint density at radius 1 is 1.06 bits per heavy atom. The number of esters is 1. The standard InChI is InChI=1S/C25H22N2O5/c1-2-31-25(30)14-5-3-13(4-6-14)20-10-7-15(32-20)12-26-27-23(28)21-16-8-9-17(19-11-18(16)19)22(21)24(27)29/h3-10,12,16-19,21-22H,2,11H2,1H3/b26-12-/t16-,17-,18-,19-,21+,22+/m1/s1. The van der Waals surface area contributed by atoms with Gasteiger partial charge in [0.05, 0.1) is 30.2 Å². The molecule has 3 fully saturated rings. The second kappa shape index (κ2) is 7.02. The monoisotopic (exact) mass is 430 g/mol. The van der Waals surface area contributed by atoms with Gasteiger partial charge in [-0.05, 0) is 61.3 Å². The van der Waals surface area contributed by atoms with Crippen LogP contribution in [0.3, 0.4) is 0 Å². The maximum absolute atomic E-state index is 13.0. The van der Waals surface area contributed by atoms with E-state index in [2.05, 4.69) is 17.3 Å². The Kier molecular flexibility index (Phi) is 4.22. The Labute approximate surface area is 184 Å². The Bertz CT molecular complexity index is 1140. The predicted molar refractivity (Wildman–Crippen MR) is 114 cm³/mol. The largest absolute Gasteiger partial charge is 0.462 e. The number of rotatable bonds is 5. The topological polar surface area (TPSA) is 89.2 Å². The zero-order valence-electron chi connectivity index (χ0n) is 17.5. The summed E-state index contributed by atoms with van der Waals surface area (Å²) in [7, 11) is 0. The molecule has 1 saturated heterocycles. The smallest absolute Gasteiger partial charge is 0.338 e. The van der Waals surface area contributed by atoms with Gasteiger partial charge in [0.15, 0.2) is 0 Å². The number of hydrogen-bond donors (Lipinski definition) is 0. The number of carbonyl (C=O) groups is 3. The Morgan fingerprint density at radius 2 is 1.72 bits per heavy atom. The summed E-state index contributed by atoms with van der Waals surface area (Å²) in [6, 6.07) is 10.4. The molecule has 2 aromatic rings. The number of nitrogens with zero attached hydrogens (tertiary/aromatic N) is 2. The molecule has 162 valence electrons. The SMILES string of the molecule is CCOC(=O)c1ccc(-c2ccc(/C=N\N3C(=O)[C@H]4[C@@H]5C=C[C@H]([C@H]6C[C@H]56)[C@@H]4C3=O)o2)cc1. The third-order valence-corrected chi connectivity index (χ3v) is 7.25. The molecule has 2 bridgehead atoms. The summed E-state index contributed by atoms with van der Waals surface area (Å²) in [5, 5.41) is 5.25. The van der Waals surface area contributed by atoms with Gasteiger partial charge in [-0.15, -0.1) is 0 Å². The molecular formula is C25H22N2O5. The lowest BCUT2D eigenvalue weighted by atomic mass is 9.63. The van der Waals surface area contributed by atoms with Gasteiger partial charge in [0.2, 0.25) is 0 Å². The van der Waals surface area contributed by atoms with Crippen molar-refractivity contribution in [2.24, 2.45) is 40.6 Å². The average molecular weight is 430 g/mol. The summed E-state index contributed by atoms with van der Waals surface area (Å²) in [5.74, 6) is 1.25. The highest BCUT2D eigenvalue weighted by molar-refractivity contribution is 6.06. The molecular weight excluding hydrogens is 408 g/mol. The predicted octanol–water partition coefficient (Wildman–Crippen LogP) is 3.51. The van der Waals surface area contributed by atoms with Gasteiger partial charge in [0.25, 0.3) is 11.8 Å². The first kappa shape index (κ1) is 19.2. The Balaban J connectivity index is 1.18. The Morgan fingerprint density at radius 3 is 2.34 bits per heavy atom. The quantitative estimate of drug-likeness (QED) is 0.313. The fourth-order valence-electron chi connectivity index (χ4n) is 5.73. The average Bonchev–Trinajstić information content (AvgIpc) is 3.45. The van der Waals surface area contributed by atoms with Crippen LogP contribution in [0.2, 0.25) is 0 Å². The van der Waals surface area contributed by atoms with Gasteiger partial charge in [-0.3, -0.25) is 9.59 Å². The first-order chi connectivity index (χ1) is 15.6. The summed E-state index contributed by atoms with van der Waals surface area (Å²) in [5.41, 5.74) is 1.26. The third kappa shape index (κ3) is 2.80. The minimum absolute atomic E-state index is 0.180. The number of hydrazone groups is 1. The molecule has 7 nitrogen and oxygen atoms in total. The molecule has 0 spiro atoms. The van der Waals surface area contributed by atoms with Crippen LogP contribution in [0.15, 0.2) is 58.1 Å². The zero-order chi connectivity index (χ0) is 22.0. The van der Waals surface area contributed by atoms with E-state index in [9.17, 15) is 14.4 Å². The van der Waals surface area contributed by atoms with Crippen molar-refractivity contribution in [3.63, 3.8) is 0 Å². The van der Waals surface area contributed by atoms with E-state index in [0.717, 1.165) is 17.0 Å². The van der Waals surface area contributed by atoms with E-state index in [1.54, 1.807) is 43.3 Å². The molecule has 0 radical (unpaired) electrons. The van der Waals surface area contributed by atoms with Gasteiger partial charge in [-0.2, -0.15) is 10.1 Å². The van der Waals surface area contributed by atoms with E-state index >= 15 is 0 Å². The fraction of sp³-hybridized carbons (Fsp3) is 0.360. The van der Waals surface area contributed by atoms with Crippen LogP contribution >= 0.6 is 0 Å². The Hall–Kier alpha value is -3.48. The van der Waals surface area contributed by atoms with Crippen molar-refractivity contribution in [1.82, 2.24) is 5.01 Å². The number of amides is 2. The maximum Gasteiger partial charge on any atom is 0.338 e. The van der Waals surface area contributed by atoms with Crippen LogP contribution in [0.4, 0.5) is 0 Å². The number of benzene rings is 1. The van der Waals surface area contributed by atoms with Gasteiger partial charge in [0.1, 0.15) is 11.5 Å². The van der Waals surface area contributed by atoms with Gasteiger partial charge in [-0.25, -0.2) is 4.79 Å². The van der Waals surface area contributed by atoms with Crippen LogP contribution in [-0.2, 0) is 14.3 Å². The fourth-order valence-corrected chi connectivity index (χ4v) is 5.73. The molecule has 6 atom stereocenters. The molecule has 1 aromatic carbocycles. The molecule has 0 unspecified atom stereocenters. The molecule has 7 heteroatoms. The molecule has 1 aliphatic heterocycles. The van der Waals surface area contributed by atoms with Crippen molar-refractivity contribution in [3.8, 4) is 11.3 Å². The highest BCUT2D eigenvalue weighted by Crippen LogP contribution is 2.65. The molecule has 5 aliphatic rings. The molecule has 2 saturated carbocycles. The lowest BCUT2D eigenvalue weighted by molar-refractivity contribution is -0.140. The van der Waals surface area contributed by atoms with Crippen LogP contribution in [0, 0.1) is 35.5 Å². The highest BCUT2D eigenvalue weighted by atomic mass is 16.5. The minimum atomic E-state index is -0.368. The molecule has 2 amide bonds. The van der Waals surface area contributed by atoms with Crippen LogP contribution in [0.5, 0.6) is 0 Å². The minimum Gasteiger partial charge on any atom is -0.462 e. The van der Waals surface area contributed by atoms with Crippen molar-refractivity contribution in [2.45, 2.75) is 13.3 Å². The molecule has 7 rings (SSSR count). The summed E-state index contributed by atoms with van der Waals surface area (Å²) < 4.78 is 10.8. The number of ether oxygens (including phenoxy) is 1. The zero-order valence-corrected chi connectivity index (χ0v) is 17.5. The van der Waals surface area contributed by atoms with Crippen LogP contribution < -0.4 is 0 Å². The maximum atomic E-state index is 13.0. The van der Waals surface area contributed by atoms with Gasteiger partial charge < -0.3 is 9.15 Å². The van der Waals surface area contributed by atoms with Crippen molar-refractivity contribution in [3.05, 3.63) is 59.9 Å². The summed E-state index contributed by atoms with van der Waals surface area (Å²) in [6.07, 6.45) is 6.84. The number of imide groups is 1. The van der Waals surface area contributed by atoms with Gasteiger partial charge in [0, 0.05) is 5.56 Å². The summed E-state index contributed by atoms with van der Waals surface area (Å²) in [6.45, 7) is 2.09. The second-order valence-electron chi connectivity index (χ2n) is 8.89. The molecule has 2 heterocycles. The van der Waals surface area contributed by atoms with Crippen molar-refractivity contribution < 1.29 is 23.5 Å².